The Morgan fingerprint density at radius 2 is 1.67 bits per heavy atom. The number of aryl methyl sites for hydroxylation is 1. The van der Waals surface area contributed by atoms with Crippen molar-refractivity contribution in [3.63, 3.8) is 0 Å². The number of rotatable bonds is 5. The minimum atomic E-state index is -4.45. The van der Waals surface area contributed by atoms with Crippen LogP contribution in [0.15, 0.2) is 30.3 Å². The van der Waals surface area contributed by atoms with Gasteiger partial charge in [-0.1, -0.05) is 26.8 Å². The summed E-state index contributed by atoms with van der Waals surface area (Å²) >= 11 is 0. The van der Waals surface area contributed by atoms with Crippen molar-refractivity contribution in [2.75, 3.05) is 6.61 Å². The summed E-state index contributed by atoms with van der Waals surface area (Å²) in [6.07, 6.45) is -0.993. The number of hydrogen-bond donors (Lipinski definition) is 0. The minimum absolute atomic E-state index is 0.186. The van der Waals surface area contributed by atoms with Crippen molar-refractivity contribution in [1.29, 1.82) is 0 Å². The van der Waals surface area contributed by atoms with E-state index in [-0.39, 0.29) is 29.7 Å². The number of ketones is 1. The molecule has 1 saturated carbocycles. The minimum Gasteiger partial charge on any atom is -0.457 e. The molecule has 33 heavy (non-hydrogen) atoms. The van der Waals surface area contributed by atoms with Gasteiger partial charge in [0.1, 0.15) is 0 Å². The average Bonchev–Trinajstić information content (AvgIpc) is 3.04. The van der Waals surface area contributed by atoms with Crippen molar-refractivity contribution in [1.82, 2.24) is 4.57 Å². The van der Waals surface area contributed by atoms with Crippen LogP contribution in [0.3, 0.4) is 0 Å². The third kappa shape index (κ3) is 5.68. The maximum absolute atomic E-state index is 13.1. The highest BCUT2D eigenvalue weighted by molar-refractivity contribution is 5.99. The van der Waals surface area contributed by atoms with Crippen LogP contribution < -0.4 is 0 Å². The zero-order valence-electron chi connectivity index (χ0n) is 19.9. The lowest BCUT2D eigenvalue weighted by molar-refractivity contribution is -0.149. The van der Waals surface area contributed by atoms with Gasteiger partial charge in [-0.3, -0.25) is 9.59 Å². The molecule has 1 heterocycles. The van der Waals surface area contributed by atoms with E-state index in [1.165, 1.54) is 6.07 Å². The van der Waals surface area contributed by atoms with Crippen LogP contribution in [0.2, 0.25) is 0 Å². The Hall–Kier alpha value is -2.57. The van der Waals surface area contributed by atoms with Crippen LogP contribution in [0.25, 0.3) is 5.69 Å². The first-order valence-corrected chi connectivity index (χ1v) is 11.4. The van der Waals surface area contributed by atoms with Gasteiger partial charge in [-0.05, 0) is 75.1 Å². The van der Waals surface area contributed by atoms with Crippen molar-refractivity contribution in [2.45, 2.75) is 66.5 Å². The Labute approximate surface area is 193 Å². The molecule has 0 saturated heterocycles. The molecule has 0 bridgehead atoms. The van der Waals surface area contributed by atoms with Gasteiger partial charge in [0.15, 0.2) is 6.61 Å². The summed E-state index contributed by atoms with van der Waals surface area (Å²) in [6.45, 7) is 9.67. The number of halogens is 3. The maximum atomic E-state index is 13.1. The molecule has 1 fully saturated rings. The molecule has 7 heteroatoms. The number of esters is 1. The number of nitrogens with zero attached hydrogens (tertiary/aromatic N) is 1. The molecule has 1 aromatic heterocycles. The lowest BCUT2D eigenvalue weighted by Crippen LogP contribution is -2.30. The molecule has 0 spiro atoms. The first-order valence-electron chi connectivity index (χ1n) is 11.4. The van der Waals surface area contributed by atoms with E-state index in [0.29, 0.717) is 28.6 Å². The predicted octanol–water partition coefficient (Wildman–Crippen LogP) is 6.69. The highest BCUT2D eigenvalue weighted by Gasteiger charge is 2.33. The molecule has 0 radical (unpaired) electrons. The monoisotopic (exact) mass is 463 g/mol. The molecule has 4 nitrogen and oxygen atoms in total. The molecule has 1 aliphatic rings. The van der Waals surface area contributed by atoms with Gasteiger partial charge in [0.25, 0.3) is 0 Å². The molecule has 0 N–H and O–H groups in total. The first kappa shape index (κ1) is 25.1. The molecule has 0 amide bonds. The van der Waals surface area contributed by atoms with E-state index in [9.17, 15) is 22.8 Å². The normalized spacial score (nSPS) is 19.4. The Bertz CT molecular complexity index is 1020. The van der Waals surface area contributed by atoms with Crippen LogP contribution in [0.5, 0.6) is 0 Å². The molecule has 0 aliphatic heterocycles. The topological polar surface area (TPSA) is 48.3 Å². The van der Waals surface area contributed by atoms with Crippen LogP contribution in [-0.4, -0.2) is 22.9 Å². The fourth-order valence-corrected chi connectivity index (χ4v) is 4.79. The van der Waals surface area contributed by atoms with Crippen molar-refractivity contribution in [2.24, 2.45) is 17.3 Å². The fraction of sp³-hybridized carbons (Fsp3) is 0.538. The van der Waals surface area contributed by atoms with Crippen molar-refractivity contribution >= 4 is 11.8 Å². The second kappa shape index (κ2) is 9.35. The van der Waals surface area contributed by atoms with E-state index >= 15 is 0 Å². The summed E-state index contributed by atoms with van der Waals surface area (Å²) in [5.41, 5.74) is 1.27. The number of aromatic nitrogens is 1. The molecule has 1 aliphatic carbocycles. The van der Waals surface area contributed by atoms with Gasteiger partial charge in [-0.15, -0.1) is 0 Å². The molecule has 3 rings (SSSR count). The number of hydrogen-bond acceptors (Lipinski definition) is 3. The summed E-state index contributed by atoms with van der Waals surface area (Å²) in [5, 5.41) is 0. The third-order valence-corrected chi connectivity index (χ3v) is 6.79. The van der Waals surface area contributed by atoms with Crippen molar-refractivity contribution < 1.29 is 27.5 Å². The number of alkyl halides is 3. The second-order valence-electron chi connectivity index (χ2n) is 10.1. The quantitative estimate of drug-likeness (QED) is 0.367. The molecule has 0 unspecified atom stereocenters. The van der Waals surface area contributed by atoms with Crippen molar-refractivity contribution in [3.8, 4) is 5.69 Å². The molecule has 1 aromatic carbocycles. The zero-order chi connectivity index (χ0) is 24.6. The summed E-state index contributed by atoms with van der Waals surface area (Å²) in [5.74, 6) is -0.321. The van der Waals surface area contributed by atoms with E-state index in [1.807, 2.05) is 0 Å². The lowest BCUT2D eigenvalue weighted by Gasteiger charge is -2.36. The summed E-state index contributed by atoms with van der Waals surface area (Å²) in [7, 11) is 0. The Morgan fingerprint density at radius 1 is 1.03 bits per heavy atom. The summed E-state index contributed by atoms with van der Waals surface area (Å²) in [4.78, 5) is 25.3. The molecule has 0 atom stereocenters. The Morgan fingerprint density at radius 3 is 2.24 bits per heavy atom. The first-order chi connectivity index (χ1) is 15.3. The second-order valence-corrected chi connectivity index (χ2v) is 10.1. The van der Waals surface area contributed by atoms with Crippen LogP contribution in [-0.2, 0) is 15.7 Å². The zero-order valence-corrected chi connectivity index (χ0v) is 19.9. The standard InChI is InChI=1S/C26H32F3NO3/c1-16-13-22(17(2)30(16)21-8-6-7-20(14-21)26(27,28)29)23(31)15-33-24(32)18-9-11-19(12-10-18)25(3,4)5/h6-8,13-14,18-19H,9-12,15H2,1-5H3. The number of benzene rings is 1. The van der Waals surface area contributed by atoms with Crippen LogP contribution in [0, 0.1) is 31.1 Å². The SMILES string of the molecule is Cc1cc(C(=O)COC(=O)C2CCC(C(C)(C)C)CC2)c(C)n1-c1cccc(C(F)(F)F)c1. The fourth-order valence-electron chi connectivity index (χ4n) is 4.79. The predicted molar refractivity (Wildman–Crippen MR) is 120 cm³/mol. The van der Waals surface area contributed by atoms with Crippen LogP contribution in [0.1, 0.15) is 73.8 Å². The van der Waals surface area contributed by atoms with Gasteiger partial charge < -0.3 is 9.30 Å². The smallest absolute Gasteiger partial charge is 0.416 e. The van der Waals surface area contributed by atoms with Gasteiger partial charge in [0.05, 0.1) is 11.5 Å². The summed E-state index contributed by atoms with van der Waals surface area (Å²) < 4.78 is 46.3. The molecular formula is C26H32F3NO3. The van der Waals surface area contributed by atoms with Crippen LogP contribution in [0.4, 0.5) is 13.2 Å². The molecule has 180 valence electrons. The molecular weight excluding hydrogens is 431 g/mol. The van der Waals surface area contributed by atoms with Gasteiger partial charge >= 0.3 is 12.1 Å². The van der Waals surface area contributed by atoms with Gasteiger partial charge in [0, 0.05) is 22.6 Å². The number of carbonyl (C=O) groups is 2. The van der Waals surface area contributed by atoms with E-state index < -0.39 is 11.7 Å². The van der Waals surface area contributed by atoms with E-state index in [4.69, 9.17) is 4.74 Å². The van der Waals surface area contributed by atoms with Gasteiger partial charge in [0.2, 0.25) is 5.78 Å². The largest absolute Gasteiger partial charge is 0.457 e. The van der Waals surface area contributed by atoms with Crippen LogP contribution >= 0.6 is 0 Å². The maximum Gasteiger partial charge on any atom is 0.416 e. The van der Waals surface area contributed by atoms with E-state index in [2.05, 4.69) is 20.8 Å². The number of ether oxygens (including phenoxy) is 1. The van der Waals surface area contributed by atoms with E-state index in [0.717, 1.165) is 37.8 Å². The van der Waals surface area contributed by atoms with E-state index in [1.54, 1.807) is 30.5 Å². The van der Waals surface area contributed by atoms with Gasteiger partial charge in [-0.2, -0.15) is 13.2 Å². The summed E-state index contributed by atoms with van der Waals surface area (Å²) in [6, 6.07) is 6.60. The Kier molecular flexibility index (Phi) is 7.10. The highest BCUT2D eigenvalue weighted by Crippen LogP contribution is 2.40. The number of Topliss-reactive ketones (excluding diaryl/α,β-unsaturated/α-hetero) is 1. The Balaban J connectivity index is 1.67. The number of carbonyl (C=O) groups excluding carboxylic acids is 2. The lowest BCUT2D eigenvalue weighted by atomic mass is 9.70. The van der Waals surface area contributed by atoms with Gasteiger partial charge in [-0.25, -0.2) is 0 Å². The third-order valence-electron chi connectivity index (χ3n) is 6.79. The average molecular weight is 464 g/mol. The molecule has 2 aromatic rings. The van der Waals surface area contributed by atoms with Crippen molar-refractivity contribution in [3.05, 3.63) is 52.8 Å². The highest BCUT2D eigenvalue weighted by atomic mass is 19.4.